The quantitative estimate of drug-likeness (QED) is 0.352. The van der Waals surface area contributed by atoms with Crippen LogP contribution >= 0.6 is 0 Å². The Bertz CT molecular complexity index is 821. The second-order valence-electron chi connectivity index (χ2n) is 7.49. The Balaban J connectivity index is 0.000000407. The van der Waals surface area contributed by atoms with Crippen molar-refractivity contribution in [1.29, 1.82) is 0 Å². The molecule has 31 heavy (non-hydrogen) atoms. The molecule has 0 aliphatic rings. The minimum Gasteiger partial charge on any atom is -0.508 e. The Kier molecular flexibility index (Phi) is 10.7. The van der Waals surface area contributed by atoms with Gasteiger partial charge in [0.15, 0.2) is 12.2 Å². The van der Waals surface area contributed by atoms with E-state index in [1.54, 1.807) is 6.07 Å². The summed E-state index contributed by atoms with van der Waals surface area (Å²) in [7, 11) is 0. The van der Waals surface area contributed by atoms with Crippen LogP contribution in [0.2, 0.25) is 0 Å². The van der Waals surface area contributed by atoms with Crippen LogP contribution in [0.15, 0.2) is 48.5 Å². The molecule has 0 radical (unpaired) electrons. The summed E-state index contributed by atoms with van der Waals surface area (Å²) in [5.74, 6) is -2.93. The van der Waals surface area contributed by atoms with E-state index in [2.05, 4.69) is 56.4 Å². The molecule has 0 aliphatic heterocycles. The van der Waals surface area contributed by atoms with E-state index in [1.165, 1.54) is 11.1 Å². The van der Waals surface area contributed by atoms with Gasteiger partial charge in [-0.2, -0.15) is 0 Å². The Labute approximate surface area is 181 Å². The van der Waals surface area contributed by atoms with Crippen molar-refractivity contribution in [2.24, 2.45) is 0 Å². The summed E-state index contributed by atoms with van der Waals surface area (Å²) >= 11 is 0. The molecule has 0 unspecified atom stereocenters. The molecule has 8 nitrogen and oxygen atoms in total. The number of nitrogens with one attached hydrogen (secondary N) is 1. The average Bonchev–Trinajstić information content (AvgIpc) is 2.73. The van der Waals surface area contributed by atoms with Gasteiger partial charge in [-0.15, -0.1) is 0 Å². The zero-order chi connectivity index (χ0) is 23.6. The summed E-state index contributed by atoms with van der Waals surface area (Å²) in [5.41, 5.74) is 3.45. The van der Waals surface area contributed by atoms with Crippen LogP contribution < -0.4 is 5.32 Å². The van der Waals surface area contributed by atoms with E-state index in [9.17, 15) is 14.7 Å². The van der Waals surface area contributed by atoms with Crippen molar-refractivity contribution >= 4 is 11.9 Å². The van der Waals surface area contributed by atoms with Crippen molar-refractivity contribution in [3.05, 3.63) is 65.2 Å². The number of aliphatic hydroxyl groups excluding tert-OH is 2. The highest BCUT2D eigenvalue weighted by atomic mass is 16.4. The lowest BCUT2D eigenvalue weighted by Crippen LogP contribution is -2.39. The van der Waals surface area contributed by atoms with E-state index in [-0.39, 0.29) is 5.92 Å². The SMILES string of the molecule is Cc1ccc(O)c([C@H](CCNC(C)C)c2ccccc2)c1.O=C(O)[C@H](O)[C@@H](O)C(=O)O. The predicted octanol–water partition coefficient (Wildman–Crippen LogP) is 2.10. The van der Waals surface area contributed by atoms with E-state index >= 15 is 0 Å². The van der Waals surface area contributed by atoms with E-state index in [4.69, 9.17) is 20.4 Å². The van der Waals surface area contributed by atoms with Gasteiger partial charge in [0, 0.05) is 17.5 Å². The minimum absolute atomic E-state index is 0.220. The van der Waals surface area contributed by atoms with Crippen LogP contribution in [0.25, 0.3) is 0 Å². The fourth-order valence-electron chi connectivity index (χ4n) is 2.93. The average molecular weight is 434 g/mol. The maximum Gasteiger partial charge on any atom is 0.335 e. The van der Waals surface area contributed by atoms with Gasteiger partial charge in [-0.25, -0.2) is 9.59 Å². The largest absolute Gasteiger partial charge is 0.508 e. The number of hydrogen-bond acceptors (Lipinski definition) is 6. The van der Waals surface area contributed by atoms with Crippen LogP contribution in [-0.4, -0.2) is 62.3 Å². The number of aliphatic hydroxyl groups is 2. The van der Waals surface area contributed by atoms with Crippen LogP contribution in [0.4, 0.5) is 0 Å². The third kappa shape index (κ3) is 8.75. The molecule has 0 bridgehead atoms. The lowest BCUT2D eigenvalue weighted by molar-refractivity contribution is -0.165. The highest BCUT2D eigenvalue weighted by Gasteiger charge is 2.29. The zero-order valence-electron chi connectivity index (χ0n) is 17.9. The molecule has 0 fully saturated rings. The Morgan fingerprint density at radius 1 is 0.935 bits per heavy atom. The third-order valence-corrected chi connectivity index (χ3v) is 4.55. The maximum absolute atomic E-state index is 10.3. The molecular weight excluding hydrogens is 402 g/mol. The first kappa shape index (κ1) is 26.1. The first-order chi connectivity index (χ1) is 14.5. The molecule has 3 atom stereocenters. The number of phenols is 1. The van der Waals surface area contributed by atoms with E-state index in [0.29, 0.717) is 11.8 Å². The van der Waals surface area contributed by atoms with Gasteiger partial charge in [0.25, 0.3) is 0 Å². The highest BCUT2D eigenvalue weighted by molar-refractivity contribution is 5.83. The van der Waals surface area contributed by atoms with Gasteiger partial charge in [0.2, 0.25) is 0 Å². The maximum atomic E-state index is 10.3. The van der Waals surface area contributed by atoms with E-state index in [0.717, 1.165) is 18.5 Å². The second-order valence-corrected chi connectivity index (χ2v) is 7.49. The number of hydrogen-bond donors (Lipinski definition) is 6. The summed E-state index contributed by atoms with van der Waals surface area (Å²) in [4.78, 5) is 19.5. The van der Waals surface area contributed by atoms with Crippen molar-refractivity contribution in [3.63, 3.8) is 0 Å². The summed E-state index contributed by atoms with van der Waals surface area (Å²) < 4.78 is 0. The number of carboxylic acids is 2. The zero-order valence-corrected chi connectivity index (χ0v) is 17.9. The smallest absolute Gasteiger partial charge is 0.335 e. The molecule has 0 aromatic heterocycles. The molecule has 2 aromatic rings. The molecule has 2 aromatic carbocycles. The molecule has 170 valence electrons. The van der Waals surface area contributed by atoms with Crippen molar-refractivity contribution in [2.75, 3.05) is 6.54 Å². The van der Waals surface area contributed by atoms with Gasteiger partial charge < -0.3 is 30.8 Å². The third-order valence-electron chi connectivity index (χ3n) is 4.55. The number of carboxylic acid groups (broad SMARTS) is 2. The van der Waals surface area contributed by atoms with Gasteiger partial charge in [0.1, 0.15) is 5.75 Å². The number of benzene rings is 2. The fourth-order valence-corrected chi connectivity index (χ4v) is 2.93. The normalized spacial score (nSPS) is 13.6. The first-order valence-electron chi connectivity index (χ1n) is 9.94. The Morgan fingerprint density at radius 3 is 1.97 bits per heavy atom. The van der Waals surface area contributed by atoms with E-state index < -0.39 is 24.1 Å². The van der Waals surface area contributed by atoms with E-state index in [1.807, 2.05) is 12.1 Å². The number of aromatic hydroxyl groups is 1. The summed E-state index contributed by atoms with van der Waals surface area (Å²) in [6, 6.07) is 16.8. The van der Waals surface area contributed by atoms with Crippen molar-refractivity contribution in [2.45, 2.75) is 51.4 Å². The van der Waals surface area contributed by atoms with Crippen LogP contribution in [0.3, 0.4) is 0 Å². The molecule has 0 amide bonds. The number of rotatable bonds is 9. The van der Waals surface area contributed by atoms with Crippen molar-refractivity contribution < 1.29 is 35.1 Å². The molecular formula is C23H31NO7. The lowest BCUT2D eigenvalue weighted by Gasteiger charge is -2.21. The molecule has 0 saturated heterocycles. The number of carbonyl (C=O) groups is 2. The van der Waals surface area contributed by atoms with Gasteiger partial charge in [-0.05, 0) is 31.5 Å². The van der Waals surface area contributed by atoms with Gasteiger partial charge in [-0.3, -0.25) is 0 Å². The predicted molar refractivity (Wildman–Crippen MR) is 116 cm³/mol. The molecule has 8 heteroatoms. The minimum atomic E-state index is -2.27. The number of aliphatic carboxylic acids is 2. The Hall–Kier alpha value is -2.94. The summed E-state index contributed by atoms with van der Waals surface area (Å²) in [5, 5.41) is 46.2. The molecule has 6 N–H and O–H groups in total. The highest BCUT2D eigenvalue weighted by Crippen LogP contribution is 2.34. The van der Waals surface area contributed by atoms with Crippen LogP contribution in [0, 0.1) is 6.92 Å². The van der Waals surface area contributed by atoms with Crippen LogP contribution in [0.1, 0.15) is 42.9 Å². The topological polar surface area (TPSA) is 147 Å². The van der Waals surface area contributed by atoms with Crippen molar-refractivity contribution in [1.82, 2.24) is 5.32 Å². The van der Waals surface area contributed by atoms with Gasteiger partial charge in [0.05, 0.1) is 0 Å². The van der Waals surface area contributed by atoms with Crippen LogP contribution in [-0.2, 0) is 9.59 Å². The monoisotopic (exact) mass is 433 g/mol. The van der Waals surface area contributed by atoms with Gasteiger partial charge in [-0.1, -0.05) is 61.9 Å². The van der Waals surface area contributed by atoms with Crippen LogP contribution in [0.5, 0.6) is 5.75 Å². The molecule has 0 saturated carbocycles. The summed E-state index contributed by atoms with van der Waals surface area (Å²) in [6.07, 6.45) is -3.56. The lowest BCUT2D eigenvalue weighted by atomic mass is 9.87. The van der Waals surface area contributed by atoms with Crippen molar-refractivity contribution in [3.8, 4) is 5.75 Å². The van der Waals surface area contributed by atoms with Gasteiger partial charge >= 0.3 is 11.9 Å². The Morgan fingerprint density at radius 2 is 1.48 bits per heavy atom. The molecule has 0 spiro atoms. The standard InChI is InChI=1S/C19H25NO.C4H6O6/c1-14(2)20-12-11-17(16-7-5-4-6-8-16)18-13-15(3)9-10-19(18)21;5-1(3(7)8)2(6)4(9)10/h4-10,13-14,17,20-21H,11-12H2,1-3H3;1-2,5-6H,(H,7,8)(H,9,10)/t17-;1-,2-/m11/s1. The summed E-state index contributed by atoms with van der Waals surface area (Å²) in [6.45, 7) is 7.31. The molecule has 0 aliphatic carbocycles. The first-order valence-corrected chi connectivity index (χ1v) is 9.94. The fraction of sp³-hybridized carbons (Fsp3) is 0.391. The number of phenolic OH excluding ortho intramolecular Hbond substituents is 1. The second kappa shape index (κ2) is 12.7. The molecule has 0 heterocycles. The number of aryl methyl sites for hydroxylation is 1. The molecule has 2 rings (SSSR count).